The Bertz CT molecular complexity index is 425. The maximum Gasteiger partial charge on any atom is 0.0794 e. The predicted molar refractivity (Wildman–Crippen MR) is 69.1 cm³/mol. The van der Waals surface area contributed by atoms with Crippen LogP contribution in [0.3, 0.4) is 0 Å². The van der Waals surface area contributed by atoms with Gasteiger partial charge < -0.3 is 5.32 Å². The lowest BCUT2D eigenvalue weighted by atomic mass is 10.1. The summed E-state index contributed by atoms with van der Waals surface area (Å²) in [5.74, 6) is 0. The van der Waals surface area contributed by atoms with E-state index >= 15 is 0 Å². The molecule has 1 aromatic heterocycles. The maximum atomic E-state index is 5.89. The summed E-state index contributed by atoms with van der Waals surface area (Å²) in [6, 6.07) is 8.16. The van der Waals surface area contributed by atoms with Gasteiger partial charge in [-0.2, -0.15) is 0 Å². The lowest BCUT2D eigenvalue weighted by molar-refractivity contribution is 0.638. The minimum atomic E-state index is 0.217. The molecule has 0 fully saturated rings. The quantitative estimate of drug-likeness (QED) is 0.901. The number of halogens is 1. The second-order valence-corrected chi connectivity index (χ2v) is 4.80. The maximum absolute atomic E-state index is 5.89. The van der Waals surface area contributed by atoms with Crippen LogP contribution in [0.4, 0.5) is 0 Å². The number of hydrogen-bond acceptors (Lipinski definition) is 3. The average molecular weight is 253 g/mol. The fraction of sp³-hybridized carbons (Fsp3) is 0.250. The summed E-state index contributed by atoms with van der Waals surface area (Å²) in [4.78, 5) is 5.35. The monoisotopic (exact) mass is 252 g/mol. The summed E-state index contributed by atoms with van der Waals surface area (Å²) in [7, 11) is 0. The zero-order chi connectivity index (χ0) is 11.4. The van der Waals surface area contributed by atoms with Gasteiger partial charge >= 0.3 is 0 Å². The van der Waals surface area contributed by atoms with Gasteiger partial charge in [0.15, 0.2) is 0 Å². The number of nitrogens with one attached hydrogen (secondary N) is 1. The molecule has 0 radical (unpaired) electrons. The largest absolute Gasteiger partial charge is 0.306 e. The van der Waals surface area contributed by atoms with E-state index in [1.807, 2.05) is 23.8 Å². The van der Waals surface area contributed by atoms with Crippen LogP contribution in [-0.4, -0.2) is 11.5 Å². The van der Waals surface area contributed by atoms with Crippen molar-refractivity contribution in [1.29, 1.82) is 0 Å². The molecule has 2 nitrogen and oxygen atoms in total. The molecule has 1 atom stereocenters. The summed E-state index contributed by atoms with van der Waals surface area (Å²) in [6.45, 7) is 3.02. The van der Waals surface area contributed by atoms with Crippen LogP contribution in [0.2, 0.25) is 5.02 Å². The third-order valence-corrected chi connectivity index (χ3v) is 3.44. The van der Waals surface area contributed by atoms with Gasteiger partial charge in [-0.3, -0.25) is 4.98 Å². The van der Waals surface area contributed by atoms with E-state index in [0.29, 0.717) is 0 Å². The van der Waals surface area contributed by atoms with Gasteiger partial charge in [-0.25, -0.2) is 0 Å². The van der Waals surface area contributed by atoms with Crippen LogP contribution in [0.15, 0.2) is 36.0 Å². The topological polar surface area (TPSA) is 24.9 Å². The van der Waals surface area contributed by atoms with Crippen LogP contribution >= 0.6 is 22.9 Å². The predicted octanol–water partition coefficient (Wildman–Crippen LogP) is 3.50. The molecule has 1 heterocycles. The molecule has 84 valence electrons. The zero-order valence-electron chi connectivity index (χ0n) is 8.98. The van der Waals surface area contributed by atoms with Crippen LogP contribution in [0.5, 0.6) is 0 Å². The standard InChI is InChI=1S/C12H13ClN2S/c1-2-15-12(11-7-14-8-16-11)9-3-5-10(13)6-4-9/h3-8,12,15H,2H2,1H3. The Hall–Kier alpha value is -0.900. The third-order valence-electron chi connectivity index (χ3n) is 2.35. The third kappa shape index (κ3) is 2.61. The Morgan fingerprint density at radius 1 is 1.38 bits per heavy atom. The molecule has 1 unspecified atom stereocenters. The molecular weight excluding hydrogens is 240 g/mol. The lowest BCUT2D eigenvalue weighted by Gasteiger charge is -2.16. The zero-order valence-corrected chi connectivity index (χ0v) is 10.6. The van der Waals surface area contributed by atoms with Crippen LogP contribution < -0.4 is 5.32 Å². The Balaban J connectivity index is 2.29. The highest BCUT2D eigenvalue weighted by molar-refractivity contribution is 7.09. The van der Waals surface area contributed by atoms with Crippen LogP contribution in [0, 0.1) is 0 Å². The van der Waals surface area contributed by atoms with E-state index in [-0.39, 0.29) is 6.04 Å². The van der Waals surface area contributed by atoms with Gasteiger partial charge in [0.25, 0.3) is 0 Å². The molecule has 16 heavy (non-hydrogen) atoms. The summed E-state index contributed by atoms with van der Waals surface area (Å²) in [6.07, 6.45) is 1.91. The van der Waals surface area contributed by atoms with Crippen molar-refractivity contribution in [3.8, 4) is 0 Å². The number of hydrogen-bond donors (Lipinski definition) is 1. The van der Waals surface area contributed by atoms with Gasteiger partial charge in [0.1, 0.15) is 0 Å². The molecular formula is C12H13ClN2S. The minimum Gasteiger partial charge on any atom is -0.306 e. The number of nitrogens with zero attached hydrogens (tertiary/aromatic N) is 1. The van der Waals surface area contributed by atoms with Crippen LogP contribution in [0.25, 0.3) is 0 Å². The molecule has 0 aliphatic carbocycles. The highest BCUT2D eigenvalue weighted by Gasteiger charge is 2.13. The first-order valence-electron chi connectivity index (χ1n) is 5.18. The molecule has 0 saturated carbocycles. The van der Waals surface area contributed by atoms with E-state index < -0.39 is 0 Å². The van der Waals surface area contributed by atoms with Crippen LogP contribution in [-0.2, 0) is 0 Å². The molecule has 0 aliphatic heterocycles. The van der Waals surface area contributed by atoms with Crippen molar-refractivity contribution in [3.63, 3.8) is 0 Å². The highest BCUT2D eigenvalue weighted by atomic mass is 35.5. The van der Waals surface area contributed by atoms with Gasteiger partial charge in [-0.05, 0) is 24.2 Å². The van der Waals surface area contributed by atoms with E-state index in [1.54, 1.807) is 11.3 Å². The lowest BCUT2D eigenvalue weighted by Crippen LogP contribution is -2.20. The fourth-order valence-electron chi connectivity index (χ4n) is 1.61. The highest BCUT2D eigenvalue weighted by Crippen LogP contribution is 2.25. The van der Waals surface area contributed by atoms with E-state index in [2.05, 4.69) is 29.4 Å². The van der Waals surface area contributed by atoms with Gasteiger partial charge in [0, 0.05) is 16.1 Å². The molecule has 2 aromatic rings. The molecule has 0 aliphatic rings. The number of aromatic nitrogens is 1. The summed E-state index contributed by atoms with van der Waals surface area (Å²) in [5, 5.41) is 4.22. The van der Waals surface area contributed by atoms with E-state index in [9.17, 15) is 0 Å². The van der Waals surface area contributed by atoms with Crippen molar-refractivity contribution in [2.75, 3.05) is 6.54 Å². The first-order valence-corrected chi connectivity index (χ1v) is 6.44. The summed E-state index contributed by atoms with van der Waals surface area (Å²) >= 11 is 7.55. The van der Waals surface area contributed by atoms with Gasteiger partial charge in [0.05, 0.1) is 11.6 Å². The van der Waals surface area contributed by atoms with E-state index in [0.717, 1.165) is 11.6 Å². The SMILES string of the molecule is CCNC(c1ccc(Cl)cc1)c1cncs1. The van der Waals surface area contributed by atoms with Crippen molar-refractivity contribution >= 4 is 22.9 Å². The van der Waals surface area contributed by atoms with E-state index in [1.165, 1.54) is 10.4 Å². The van der Waals surface area contributed by atoms with Crippen molar-refractivity contribution in [3.05, 3.63) is 51.4 Å². The molecule has 4 heteroatoms. The second-order valence-electron chi connectivity index (χ2n) is 3.45. The van der Waals surface area contributed by atoms with Crippen molar-refractivity contribution in [1.82, 2.24) is 10.3 Å². The molecule has 1 N–H and O–H groups in total. The van der Waals surface area contributed by atoms with Gasteiger partial charge in [0.2, 0.25) is 0 Å². The molecule has 2 rings (SSSR count). The number of rotatable bonds is 4. The summed E-state index contributed by atoms with van der Waals surface area (Å²) < 4.78 is 0. The fourth-order valence-corrected chi connectivity index (χ4v) is 2.46. The Labute approximate surface area is 104 Å². The molecule has 0 saturated heterocycles. The van der Waals surface area contributed by atoms with Gasteiger partial charge in [-0.15, -0.1) is 11.3 Å². The van der Waals surface area contributed by atoms with Crippen LogP contribution in [0.1, 0.15) is 23.4 Å². The first kappa shape index (κ1) is 11.6. The first-order chi connectivity index (χ1) is 7.81. The van der Waals surface area contributed by atoms with E-state index in [4.69, 9.17) is 11.6 Å². The number of benzene rings is 1. The molecule has 0 bridgehead atoms. The Kier molecular flexibility index (Phi) is 3.93. The Morgan fingerprint density at radius 2 is 2.12 bits per heavy atom. The second kappa shape index (κ2) is 5.43. The van der Waals surface area contributed by atoms with Crippen molar-refractivity contribution in [2.45, 2.75) is 13.0 Å². The van der Waals surface area contributed by atoms with Gasteiger partial charge in [-0.1, -0.05) is 30.7 Å². The summed E-state index contributed by atoms with van der Waals surface area (Å²) in [5.41, 5.74) is 3.07. The molecule has 0 amide bonds. The molecule has 0 spiro atoms. The normalized spacial score (nSPS) is 12.6. The number of thiazole rings is 1. The average Bonchev–Trinajstić information content (AvgIpc) is 2.81. The molecule has 1 aromatic carbocycles. The van der Waals surface area contributed by atoms with Crippen molar-refractivity contribution in [2.24, 2.45) is 0 Å². The smallest absolute Gasteiger partial charge is 0.0794 e. The van der Waals surface area contributed by atoms with Crippen molar-refractivity contribution < 1.29 is 0 Å². The minimum absolute atomic E-state index is 0.217. The Morgan fingerprint density at radius 3 is 2.69 bits per heavy atom.